The van der Waals surface area contributed by atoms with E-state index in [-0.39, 0.29) is 6.03 Å². The van der Waals surface area contributed by atoms with E-state index in [2.05, 4.69) is 25.1 Å². The topological polar surface area (TPSA) is 46.3 Å². The van der Waals surface area contributed by atoms with Crippen molar-refractivity contribution >= 4 is 22.5 Å². The highest BCUT2D eigenvalue weighted by Crippen LogP contribution is 2.27. The van der Waals surface area contributed by atoms with Crippen molar-refractivity contribution in [2.24, 2.45) is 5.73 Å². The SMILES string of the molecule is CCCCCCCCCCCCCCCCCCN(C(N)=O)c1cccc2ccccc12. The van der Waals surface area contributed by atoms with Crippen molar-refractivity contribution in [2.75, 3.05) is 11.4 Å². The Morgan fingerprint density at radius 2 is 1.12 bits per heavy atom. The highest BCUT2D eigenvalue weighted by atomic mass is 16.2. The summed E-state index contributed by atoms with van der Waals surface area (Å²) >= 11 is 0. The molecule has 2 amide bonds. The van der Waals surface area contributed by atoms with Gasteiger partial charge in [-0.3, -0.25) is 4.90 Å². The van der Waals surface area contributed by atoms with E-state index >= 15 is 0 Å². The minimum Gasteiger partial charge on any atom is -0.351 e. The van der Waals surface area contributed by atoms with Crippen LogP contribution in [0.2, 0.25) is 0 Å². The first-order valence-corrected chi connectivity index (χ1v) is 13.3. The number of urea groups is 1. The number of benzene rings is 2. The minimum absolute atomic E-state index is 0.359. The second kappa shape index (κ2) is 16.6. The molecule has 0 aliphatic heterocycles. The van der Waals surface area contributed by atoms with E-state index in [0.29, 0.717) is 6.54 Å². The van der Waals surface area contributed by atoms with Crippen LogP contribution in [0.1, 0.15) is 110 Å². The lowest BCUT2D eigenvalue weighted by atomic mass is 10.0. The van der Waals surface area contributed by atoms with Crippen molar-refractivity contribution in [3.8, 4) is 0 Å². The van der Waals surface area contributed by atoms with Gasteiger partial charge in [0.15, 0.2) is 0 Å². The molecular formula is C29H46N2O. The van der Waals surface area contributed by atoms with Gasteiger partial charge in [-0.2, -0.15) is 0 Å². The van der Waals surface area contributed by atoms with Crippen molar-refractivity contribution in [1.29, 1.82) is 0 Å². The van der Waals surface area contributed by atoms with Crippen LogP contribution in [0.3, 0.4) is 0 Å². The van der Waals surface area contributed by atoms with Gasteiger partial charge in [-0.25, -0.2) is 4.79 Å². The quantitative estimate of drug-likeness (QED) is 0.232. The molecule has 0 radical (unpaired) electrons. The highest BCUT2D eigenvalue weighted by molar-refractivity contribution is 6.02. The summed E-state index contributed by atoms with van der Waals surface area (Å²) in [5, 5.41) is 2.23. The molecule has 0 aliphatic rings. The lowest BCUT2D eigenvalue weighted by molar-refractivity contribution is 0.254. The Bertz CT molecular complexity index is 752. The summed E-state index contributed by atoms with van der Waals surface area (Å²) in [7, 11) is 0. The van der Waals surface area contributed by atoms with E-state index in [9.17, 15) is 4.79 Å². The van der Waals surface area contributed by atoms with Gasteiger partial charge in [-0.1, -0.05) is 140 Å². The Hall–Kier alpha value is -2.03. The molecule has 0 fully saturated rings. The third-order valence-corrected chi connectivity index (χ3v) is 6.56. The molecule has 0 atom stereocenters. The molecule has 2 aromatic carbocycles. The predicted molar refractivity (Wildman–Crippen MR) is 140 cm³/mol. The van der Waals surface area contributed by atoms with Crippen molar-refractivity contribution in [3.63, 3.8) is 0 Å². The van der Waals surface area contributed by atoms with Gasteiger partial charge in [-0.05, 0) is 17.9 Å². The zero-order valence-corrected chi connectivity index (χ0v) is 20.5. The zero-order chi connectivity index (χ0) is 22.9. The molecule has 2 N–H and O–H groups in total. The average molecular weight is 439 g/mol. The Balaban J connectivity index is 1.51. The number of hydrogen-bond donors (Lipinski definition) is 1. The Kier molecular flexibility index (Phi) is 13.6. The number of carbonyl (C=O) groups is 1. The fraction of sp³-hybridized carbons (Fsp3) is 0.621. The second-order valence-electron chi connectivity index (χ2n) is 9.29. The summed E-state index contributed by atoms with van der Waals surface area (Å²) in [5.41, 5.74) is 6.64. The van der Waals surface area contributed by atoms with Crippen LogP contribution in [-0.2, 0) is 0 Å². The second-order valence-corrected chi connectivity index (χ2v) is 9.29. The number of carbonyl (C=O) groups excluding carboxylic acids is 1. The number of hydrogen-bond acceptors (Lipinski definition) is 1. The molecule has 0 heterocycles. The molecule has 0 saturated carbocycles. The summed E-state index contributed by atoms with van der Waals surface area (Å²) in [5.74, 6) is 0. The van der Waals surface area contributed by atoms with Crippen LogP contribution in [0.5, 0.6) is 0 Å². The van der Waals surface area contributed by atoms with Gasteiger partial charge in [0.05, 0.1) is 5.69 Å². The van der Waals surface area contributed by atoms with Crippen molar-refractivity contribution in [3.05, 3.63) is 42.5 Å². The number of primary amides is 1. The molecule has 0 aromatic heterocycles. The molecule has 32 heavy (non-hydrogen) atoms. The molecular weight excluding hydrogens is 392 g/mol. The smallest absolute Gasteiger partial charge is 0.319 e. The molecule has 178 valence electrons. The fourth-order valence-electron chi connectivity index (χ4n) is 4.61. The van der Waals surface area contributed by atoms with Gasteiger partial charge in [-0.15, -0.1) is 0 Å². The maximum absolute atomic E-state index is 12.1. The molecule has 0 unspecified atom stereocenters. The first kappa shape index (κ1) is 26.2. The average Bonchev–Trinajstić information content (AvgIpc) is 2.81. The number of rotatable bonds is 18. The van der Waals surface area contributed by atoms with Crippen molar-refractivity contribution < 1.29 is 4.79 Å². The van der Waals surface area contributed by atoms with Crippen molar-refractivity contribution in [2.45, 2.75) is 110 Å². The van der Waals surface area contributed by atoms with E-state index in [1.807, 2.05) is 24.3 Å². The van der Waals surface area contributed by atoms with Gasteiger partial charge in [0.25, 0.3) is 0 Å². The molecule has 2 aromatic rings. The zero-order valence-electron chi connectivity index (χ0n) is 20.5. The number of nitrogens with two attached hydrogens (primary N) is 1. The first-order chi connectivity index (χ1) is 15.7. The number of unbranched alkanes of at least 4 members (excludes halogenated alkanes) is 15. The Morgan fingerprint density at radius 3 is 1.66 bits per heavy atom. The normalized spacial score (nSPS) is 11.2. The number of amides is 2. The van der Waals surface area contributed by atoms with Crippen LogP contribution in [0.4, 0.5) is 10.5 Å². The molecule has 0 bridgehead atoms. The van der Waals surface area contributed by atoms with Gasteiger partial charge >= 0.3 is 6.03 Å². The summed E-state index contributed by atoms with van der Waals surface area (Å²) in [6.45, 7) is 2.98. The van der Waals surface area contributed by atoms with Crippen molar-refractivity contribution in [1.82, 2.24) is 0 Å². The number of nitrogens with zero attached hydrogens (tertiary/aromatic N) is 1. The van der Waals surface area contributed by atoms with Gasteiger partial charge < -0.3 is 5.73 Å². The minimum atomic E-state index is -0.359. The summed E-state index contributed by atoms with van der Waals surface area (Å²) in [6, 6.07) is 13.9. The molecule has 0 spiro atoms. The van der Waals surface area contributed by atoms with Gasteiger partial charge in [0, 0.05) is 11.9 Å². The summed E-state index contributed by atoms with van der Waals surface area (Å²) < 4.78 is 0. The van der Waals surface area contributed by atoms with Crippen LogP contribution < -0.4 is 10.6 Å². The number of anilines is 1. The van der Waals surface area contributed by atoms with E-state index in [4.69, 9.17) is 5.73 Å². The van der Waals surface area contributed by atoms with E-state index in [0.717, 1.165) is 29.3 Å². The monoisotopic (exact) mass is 438 g/mol. The van der Waals surface area contributed by atoms with E-state index < -0.39 is 0 Å². The fourth-order valence-corrected chi connectivity index (χ4v) is 4.61. The van der Waals surface area contributed by atoms with E-state index in [1.54, 1.807) is 4.90 Å². The van der Waals surface area contributed by atoms with Gasteiger partial charge in [0.1, 0.15) is 0 Å². The highest BCUT2D eigenvalue weighted by Gasteiger charge is 2.14. The van der Waals surface area contributed by atoms with Gasteiger partial charge in [0.2, 0.25) is 0 Å². The first-order valence-electron chi connectivity index (χ1n) is 13.3. The van der Waals surface area contributed by atoms with Crippen LogP contribution in [-0.4, -0.2) is 12.6 Å². The maximum Gasteiger partial charge on any atom is 0.319 e. The number of fused-ring (bicyclic) bond motifs is 1. The Labute approximate surface area is 196 Å². The molecule has 3 nitrogen and oxygen atoms in total. The molecule has 3 heteroatoms. The third kappa shape index (κ3) is 10.1. The largest absolute Gasteiger partial charge is 0.351 e. The molecule has 0 saturated heterocycles. The van der Waals surface area contributed by atoms with Crippen LogP contribution >= 0.6 is 0 Å². The van der Waals surface area contributed by atoms with Crippen LogP contribution in [0, 0.1) is 0 Å². The third-order valence-electron chi connectivity index (χ3n) is 6.56. The molecule has 0 aliphatic carbocycles. The molecule has 2 rings (SSSR count). The van der Waals surface area contributed by atoms with E-state index in [1.165, 1.54) is 89.9 Å². The maximum atomic E-state index is 12.1. The summed E-state index contributed by atoms with van der Waals surface area (Å²) in [4.78, 5) is 13.8. The van der Waals surface area contributed by atoms with Crippen LogP contribution in [0.15, 0.2) is 42.5 Å². The lowest BCUT2D eigenvalue weighted by Crippen LogP contribution is -2.36. The predicted octanol–water partition coefficient (Wildman–Crippen LogP) is 8.99. The summed E-state index contributed by atoms with van der Waals surface area (Å²) in [6.07, 6.45) is 21.6. The van der Waals surface area contributed by atoms with Crippen LogP contribution in [0.25, 0.3) is 10.8 Å². The lowest BCUT2D eigenvalue weighted by Gasteiger charge is -2.22. The Morgan fingerprint density at radius 1 is 0.656 bits per heavy atom. The standard InChI is InChI=1S/C29H46N2O/c1-2-3-4-5-6-7-8-9-10-11-12-13-14-15-16-19-25-31(29(30)32)28-24-20-22-26-21-17-18-23-27(26)28/h17-18,20-24H,2-16,19,25H2,1H3,(H2,30,32).